The monoisotopic (exact) mass is 423 g/mol. The van der Waals surface area contributed by atoms with Gasteiger partial charge in [0.15, 0.2) is 0 Å². The largest absolute Gasteiger partial charge is 0.478 e. The molecule has 0 spiro atoms. The van der Waals surface area contributed by atoms with E-state index in [1.807, 2.05) is 20.8 Å². The van der Waals surface area contributed by atoms with Gasteiger partial charge in [0.2, 0.25) is 11.8 Å². The Hall–Kier alpha value is -1.89. The molecule has 1 fully saturated rings. The highest BCUT2D eigenvalue weighted by atomic mass is 16.4. The average Bonchev–Trinajstić information content (AvgIpc) is 2.69. The number of hydrogen-bond acceptors (Lipinski definition) is 4. The van der Waals surface area contributed by atoms with E-state index in [0.29, 0.717) is 6.04 Å². The molecule has 0 aromatic heterocycles. The highest BCUT2D eigenvalue weighted by Gasteiger charge is 2.38. The Morgan fingerprint density at radius 3 is 2.30 bits per heavy atom. The number of carboxylic acid groups (broad SMARTS) is 1. The number of carboxylic acids is 1. The summed E-state index contributed by atoms with van der Waals surface area (Å²) in [5.74, 6) is -1.30. The zero-order chi connectivity index (χ0) is 23.1. The zero-order valence-corrected chi connectivity index (χ0v) is 19.8. The molecule has 2 N–H and O–H groups in total. The van der Waals surface area contributed by atoms with Crippen LogP contribution in [-0.2, 0) is 14.4 Å². The number of likely N-dealkylation sites (N-methyl/N-ethyl adjacent to an activating group) is 1. The van der Waals surface area contributed by atoms with Crippen molar-refractivity contribution in [1.29, 1.82) is 0 Å². The van der Waals surface area contributed by atoms with Crippen molar-refractivity contribution in [3.05, 3.63) is 11.6 Å². The first-order chi connectivity index (χ1) is 13.9. The quantitative estimate of drug-likeness (QED) is 0.556. The lowest BCUT2D eigenvalue weighted by Gasteiger charge is -2.41. The zero-order valence-electron chi connectivity index (χ0n) is 19.8. The Morgan fingerprint density at radius 2 is 1.80 bits per heavy atom. The van der Waals surface area contributed by atoms with E-state index >= 15 is 0 Å². The van der Waals surface area contributed by atoms with Crippen LogP contribution in [-0.4, -0.2) is 71.0 Å². The summed E-state index contributed by atoms with van der Waals surface area (Å²) in [5, 5.41) is 12.1. The number of amides is 2. The lowest BCUT2D eigenvalue weighted by molar-refractivity contribution is -0.140. The van der Waals surface area contributed by atoms with Crippen molar-refractivity contribution in [1.82, 2.24) is 15.1 Å². The Labute approximate surface area is 181 Å². The first-order valence-electron chi connectivity index (χ1n) is 11.1. The fourth-order valence-electron chi connectivity index (χ4n) is 3.99. The average molecular weight is 424 g/mol. The first kappa shape index (κ1) is 26.1. The number of aliphatic carboxylic acids is 1. The van der Waals surface area contributed by atoms with Crippen molar-refractivity contribution in [2.75, 3.05) is 20.1 Å². The third-order valence-electron chi connectivity index (χ3n) is 6.04. The number of carbonyl (C=O) groups excluding carboxylic acids is 2. The number of nitrogens with zero attached hydrogens (tertiary/aromatic N) is 2. The van der Waals surface area contributed by atoms with E-state index in [4.69, 9.17) is 5.11 Å². The minimum atomic E-state index is -1.00. The van der Waals surface area contributed by atoms with E-state index in [9.17, 15) is 14.4 Å². The molecule has 0 aliphatic carbocycles. The van der Waals surface area contributed by atoms with Crippen LogP contribution in [0.3, 0.4) is 0 Å². The van der Waals surface area contributed by atoms with E-state index in [0.717, 1.165) is 38.6 Å². The van der Waals surface area contributed by atoms with Gasteiger partial charge in [0.1, 0.15) is 6.04 Å². The van der Waals surface area contributed by atoms with Gasteiger partial charge in [-0.2, -0.15) is 0 Å². The molecule has 1 aliphatic heterocycles. The molecule has 0 radical (unpaired) electrons. The van der Waals surface area contributed by atoms with E-state index in [1.54, 1.807) is 7.05 Å². The molecular formula is C23H41N3O4. The van der Waals surface area contributed by atoms with Crippen LogP contribution in [0.1, 0.15) is 73.6 Å². The topological polar surface area (TPSA) is 90.0 Å². The van der Waals surface area contributed by atoms with Crippen LogP contribution < -0.4 is 5.32 Å². The smallest absolute Gasteiger partial charge is 0.331 e. The van der Waals surface area contributed by atoms with E-state index < -0.39 is 17.4 Å². The molecule has 1 heterocycles. The fraction of sp³-hybridized carbons (Fsp3) is 0.783. The van der Waals surface area contributed by atoms with Crippen molar-refractivity contribution >= 4 is 17.8 Å². The number of carbonyl (C=O) groups is 3. The predicted octanol–water partition coefficient (Wildman–Crippen LogP) is 3.05. The molecule has 0 bridgehead atoms. The van der Waals surface area contributed by atoms with Crippen molar-refractivity contribution in [2.45, 2.75) is 91.8 Å². The minimum Gasteiger partial charge on any atom is -0.478 e. The van der Waals surface area contributed by atoms with Crippen molar-refractivity contribution in [2.24, 2.45) is 5.41 Å². The Morgan fingerprint density at radius 1 is 1.20 bits per heavy atom. The van der Waals surface area contributed by atoms with E-state index in [-0.39, 0.29) is 30.0 Å². The molecule has 1 saturated heterocycles. The highest BCUT2D eigenvalue weighted by Crippen LogP contribution is 2.25. The van der Waals surface area contributed by atoms with Gasteiger partial charge in [-0.1, -0.05) is 47.1 Å². The Balaban J connectivity index is 2.98. The third-order valence-corrected chi connectivity index (χ3v) is 6.04. The number of piperidine rings is 1. The van der Waals surface area contributed by atoms with E-state index in [2.05, 4.69) is 24.1 Å². The summed E-state index contributed by atoms with van der Waals surface area (Å²) in [6.07, 6.45) is 6.43. The molecule has 0 aromatic carbocycles. The van der Waals surface area contributed by atoms with Gasteiger partial charge in [-0.3, -0.25) is 14.5 Å². The molecule has 2 amide bonds. The van der Waals surface area contributed by atoms with Crippen LogP contribution in [0.15, 0.2) is 11.6 Å². The van der Waals surface area contributed by atoms with Crippen molar-refractivity contribution < 1.29 is 19.5 Å². The number of likely N-dealkylation sites (tertiary alicyclic amines) is 1. The number of nitrogens with one attached hydrogen (secondary N) is 1. The second kappa shape index (κ2) is 11.5. The summed E-state index contributed by atoms with van der Waals surface area (Å²) < 4.78 is 0. The molecule has 1 aliphatic rings. The van der Waals surface area contributed by atoms with Gasteiger partial charge >= 0.3 is 5.97 Å². The standard InChI is InChI=1S/C23H41N3O4/c1-8-17(9-2)26-14-11-10-12-18(26)20(27)24-19(23(4,5)6)21(28)25(7)15-13-16(3)22(29)30/h13,17-19H,8-12,14-15H2,1-7H3,(H,24,27)(H,29,30)/b16-13+. The summed E-state index contributed by atoms with van der Waals surface area (Å²) in [6.45, 7) is 12.7. The molecule has 2 unspecified atom stereocenters. The van der Waals surface area contributed by atoms with Crippen LogP contribution >= 0.6 is 0 Å². The van der Waals surface area contributed by atoms with Crippen LogP contribution in [0, 0.1) is 5.41 Å². The molecule has 0 aromatic rings. The summed E-state index contributed by atoms with van der Waals surface area (Å²) >= 11 is 0. The second-order valence-corrected chi connectivity index (χ2v) is 9.44. The molecule has 30 heavy (non-hydrogen) atoms. The van der Waals surface area contributed by atoms with Gasteiger partial charge in [-0.15, -0.1) is 0 Å². The molecular weight excluding hydrogens is 382 g/mol. The normalized spacial score (nSPS) is 19.5. The number of hydrogen-bond donors (Lipinski definition) is 2. The van der Waals surface area contributed by atoms with Crippen LogP contribution in [0.25, 0.3) is 0 Å². The summed E-state index contributed by atoms with van der Waals surface area (Å²) in [5.41, 5.74) is -0.282. The van der Waals surface area contributed by atoms with Crippen molar-refractivity contribution in [3.8, 4) is 0 Å². The maximum atomic E-state index is 13.3. The van der Waals surface area contributed by atoms with Crippen LogP contribution in [0.4, 0.5) is 0 Å². The maximum absolute atomic E-state index is 13.3. The van der Waals surface area contributed by atoms with Gasteiger partial charge in [0, 0.05) is 25.2 Å². The lowest BCUT2D eigenvalue weighted by atomic mass is 9.85. The van der Waals surface area contributed by atoms with Gasteiger partial charge in [-0.05, 0) is 44.6 Å². The number of rotatable bonds is 9. The minimum absolute atomic E-state index is 0.0828. The lowest BCUT2D eigenvalue weighted by Crippen LogP contribution is -2.60. The second-order valence-electron chi connectivity index (χ2n) is 9.44. The predicted molar refractivity (Wildman–Crippen MR) is 119 cm³/mol. The highest BCUT2D eigenvalue weighted by molar-refractivity contribution is 5.90. The fourth-order valence-corrected chi connectivity index (χ4v) is 3.99. The third kappa shape index (κ3) is 7.11. The Bertz CT molecular complexity index is 635. The van der Waals surface area contributed by atoms with Crippen LogP contribution in [0.2, 0.25) is 0 Å². The Kier molecular flexibility index (Phi) is 10.0. The SMILES string of the molecule is CCC(CC)N1CCCCC1C(=O)NC(C(=O)N(C)C/C=C(\C)C(=O)O)C(C)(C)C. The van der Waals surface area contributed by atoms with Gasteiger partial charge < -0.3 is 15.3 Å². The molecule has 2 atom stereocenters. The molecule has 172 valence electrons. The van der Waals surface area contributed by atoms with Gasteiger partial charge in [0.25, 0.3) is 0 Å². The molecule has 1 rings (SSSR count). The van der Waals surface area contributed by atoms with E-state index in [1.165, 1.54) is 17.9 Å². The molecule has 7 nitrogen and oxygen atoms in total. The van der Waals surface area contributed by atoms with Gasteiger partial charge in [0.05, 0.1) is 6.04 Å². The summed E-state index contributed by atoms with van der Waals surface area (Å²) in [6, 6.07) is -0.517. The summed E-state index contributed by atoms with van der Waals surface area (Å²) in [4.78, 5) is 41.2. The van der Waals surface area contributed by atoms with Gasteiger partial charge in [-0.25, -0.2) is 4.79 Å². The van der Waals surface area contributed by atoms with Crippen LogP contribution in [0.5, 0.6) is 0 Å². The molecule has 0 saturated carbocycles. The first-order valence-corrected chi connectivity index (χ1v) is 11.1. The van der Waals surface area contributed by atoms with Crippen molar-refractivity contribution in [3.63, 3.8) is 0 Å². The summed E-state index contributed by atoms with van der Waals surface area (Å²) in [7, 11) is 1.63. The molecule has 7 heteroatoms. The maximum Gasteiger partial charge on any atom is 0.331 e.